The standard InChI is InChI=1S/C15H13ClO2/c1-10(17)15-9-13(18-2)6-7-14(15)11-4-3-5-12(16)8-11/h3-9H,1-2H3. The summed E-state index contributed by atoms with van der Waals surface area (Å²) in [6.45, 7) is 1.54. The molecule has 0 aliphatic heterocycles. The maximum absolute atomic E-state index is 11.7. The van der Waals surface area contributed by atoms with Gasteiger partial charge in [-0.05, 0) is 48.4 Å². The maximum atomic E-state index is 11.7. The molecule has 3 heteroatoms. The third kappa shape index (κ3) is 2.54. The van der Waals surface area contributed by atoms with Gasteiger partial charge in [-0.2, -0.15) is 0 Å². The van der Waals surface area contributed by atoms with Crippen molar-refractivity contribution in [3.05, 3.63) is 53.1 Å². The molecule has 92 valence electrons. The second-order valence-electron chi connectivity index (χ2n) is 3.98. The molecule has 0 amide bonds. The first-order chi connectivity index (χ1) is 8.61. The Morgan fingerprint density at radius 3 is 2.56 bits per heavy atom. The van der Waals surface area contributed by atoms with Crippen LogP contribution in [0.5, 0.6) is 5.75 Å². The van der Waals surface area contributed by atoms with E-state index >= 15 is 0 Å². The van der Waals surface area contributed by atoms with Gasteiger partial charge in [0, 0.05) is 10.6 Å². The fourth-order valence-corrected chi connectivity index (χ4v) is 2.04. The Bertz CT molecular complexity index is 591. The van der Waals surface area contributed by atoms with Crippen molar-refractivity contribution in [2.75, 3.05) is 7.11 Å². The molecule has 0 aromatic heterocycles. The Morgan fingerprint density at radius 1 is 1.17 bits per heavy atom. The van der Waals surface area contributed by atoms with Crippen molar-refractivity contribution in [2.24, 2.45) is 0 Å². The van der Waals surface area contributed by atoms with Gasteiger partial charge >= 0.3 is 0 Å². The van der Waals surface area contributed by atoms with Crippen LogP contribution in [-0.4, -0.2) is 12.9 Å². The Labute approximate surface area is 111 Å². The first kappa shape index (κ1) is 12.7. The number of Topliss-reactive ketones (excluding diaryl/α,β-unsaturated/α-hetero) is 1. The van der Waals surface area contributed by atoms with E-state index in [1.807, 2.05) is 36.4 Å². The van der Waals surface area contributed by atoms with E-state index in [2.05, 4.69) is 0 Å². The molecule has 0 bridgehead atoms. The number of carbonyl (C=O) groups is 1. The van der Waals surface area contributed by atoms with Crippen LogP contribution in [0.3, 0.4) is 0 Å². The second kappa shape index (κ2) is 5.23. The minimum atomic E-state index is 0.00359. The van der Waals surface area contributed by atoms with Crippen LogP contribution in [0.25, 0.3) is 11.1 Å². The van der Waals surface area contributed by atoms with E-state index in [0.29, 0.717) is 16.3 Å². The number of carbonyl (C=O) groups excluding carboxylic acids is 1. The molecule has 2 nitrogen and oxygen atoms in total. The van der Waals surface area contributed by atoms with E-state index in [1.165, 1.54) is 0 Å². The summed E-state index contributed by atoms with van der Waals surface area (Å²) in [5.74, 6) is 0.676. The van der Waals surface area contributed by atoms with Crippen LogP contribution >= 0.6 is 11.6 Å². The highest BCUT2D eigenvalue weighted by Crippen LogP contribution is 2.29. The largest absolute Gasteiger partial charge is 0.497 e. The molecular formula is C15H13ClO2. The molecule has 0 unspecified atom stereocenters. The van der Waals surface area contributed by atoms with E-state index in [4.69, 9.17) is 16.3 Å². The number of hydrogen-bond acceptors (Lipinski definition) is 2. The quantitative estimate of drug-likeness (QED) is 0.773. The van der Waals surface area contributed by atoms with Gasteiger partial charge in [0.15, 0.2) is 5.78 Å². The molecule has 2 rings (SSSR count). The minimum Gasteiger partial charge on any atom is -0.497 e. The highest BCUT2D eigenvalue weighted by atomic mass is 35.5. The molecule has 0 heterocycles. The van der Waals surface area contributed by atoms with Gasteiger partial charge < -0.3 is 4.74 Å². The number of ketones is 1. The summed E-state index contributed by atoms with van der Waals surface area (Å²) in [4.78, 5) is 11.7. The summed E-state index contributed by atoms with van der Waals surface area (Å²) in [6, 6.07) is 12.9. The van der Waals surface area contributed by atoms with E-state index in [1.54, 1.807) is 20.1 Å². The molecule has 2 aromatic carbocycles. The lowest BCUT2D eigenvalue weighted by Gasteiger charge is -2.09. The lowest BCUT2D eigenvalue weighted by Crippen LogP contribution is -1.97. The van der Waals surface area contributed by atoms with E-state index in [-0.39, 0.29) is 5.78 Å². The van der Waals surface area contributed by atoms with Crippen molar-refractivity contribution >= 4 is 17.4 Å². The number of benzene rings is 2. The van der Waals surface area contributed by atoms with Crippen molar-refractivity contribution in [1.29, 1.82) is 0 Å². The Kier molecular flexibility index (Phi) is 3.68. The number of rotatable bonds is 3. The van der Waals surface area contributed by atoms with Crippen LogP contribution < -0.4 is 4.74 Å². The predicted octanol–water partition coefficient (Wildman–Crippen LogP) is 4.22. The summed E-state index contributed by atoms with van der Waals surface area (Å²) in [6.07, 6.45) is 0. The molecule has 2 aromatic rings. The lowest BCUT2D eigenvalue weighted by molar-refractivity contribution is 0.101. The lowest BCUT2D eigenvalue weighted by atomic mass is 9.97. The Morgan fingerprint density at radius 2 is 1.94 bits per heavy atom. The van der Waals surface area contributed by atoms with Crippen LogP contribution in [0.2, 0.25) is 5.02 Å². The van der Waals surface area contributed by atoms with Crippen LogP contribution in [0, 0.1) is 0 Å². The molecule has 0 fully saturated rings. The summed E-state index contributed by atoms with van der Waals surface area (Å²) in [7, 11) is 1.58. The highest BCUT2D eigenvalue weighted by Gasteiger charge is 2.10. The van der Waals surface area contributed by atoms with Crippen LogP contribution in [0.1, 0.15) is 17.3 Å². The molecule has 0 aliphatic carbocycles. The van der Waals surface area contributed by atoms with Gasteiger partial charge in [0.05, 0.1) is 7.11 Å². The zero-order chi connectivity index (χ0) is 13.1. The molecule has 0 saturated carbocycles. The maximum Gasteiger partial charge on any atom is 0.160 e. The number of ether oxygens (including phenoxy) is 1. The first-order valence-corrected chi connectivity index (χ1v) is 5.94. The Hall–Kier alpha value is -1.80. The third-order valence-electron chi connectivity index (χ3n) is 2.74. The second-order valence-corrected chi connectivity index (χ2v) is 4.41. The predicted molar refractivity (Wildman–Crippen MR) is 73.4 cm³/mol. The summed E-state index contributed by atoms with van der Waals surface area (Å²) >= 11 is 5.98. The van der Waals surface area contributed by atoms with E-state index in [0.717, 1.165) is 11.1 Å². The minimum absolute atomic E-state index is 0.00359. The van der Waals surface area contributed by atoms with Crippen molar-refractivity contribution in [2.45, 2.75) is 6.92 Å². The fourth-order valence-electron chi connectivity index (χ4n) is 1.85. The molecule has 0 saturated heterocycles. The van der Waals surface area contributed by atoms with E-state index in [9.17, 15) is 4.79 Å². The monoisotopic (exact) mass is 260 g/mol. The van der Waals surface area contributed by atoms with Gasteiger partial charge in [-0.1, -0.05) is 23.7 Å². The average Bonchev–Trinajstić information content (AvgIpc) is 2.38. The van der Waals surface area contributed by atoms with Crippen LogP contribution in [-0.2, 0) is 0 Å². The molecule has 0 spiro atoms. The van der Waals surface area contributed by atoms with Gasteiger partial charge in [0.1, 0.15) is 5.75 Å². The SMILES string of the molecule is COc1ccc(-c2cccc(Cl)c2)c(C(C)=O)c1. The Balaban J connectivity index is 2.60. The highest BCUT2D eigenvalue weighted by molar-refractivity contribution is 6.30. The van der Waals surface area contributed by atoms with Crippen molar-refractivity contribution in [3.63, 3.8) is 0 Å². The molecular weight excluding hydrogens is 248 g/mol. The van der Waals surface area contributed by atoms with Crippen LogP contribution in [0.15, 0.2) is 42.5 Å². The first-order valence-electron chi connectivity index (χ1n) is 5.56. The van der Waals surface area contributed by atoms with Crippen molar-refractivity contribution in [3.8, 4) is 16.9 Å². The van der Waals surface area contributed by atoms with Gasteiger partial charge in [-0.25, -0.2) is 0 Å². The van der Waals surface area contributed by atoms with E-state index < -0.39 is 0 Å². The number of hydrogen-bond donors (Lipinski definition) is 0. The van der Waals surface area contributed by atoms with Gasteiger partial charge in [0.2, 0.25) is 0 Å². The summed E-state index contributed by atoms with van der Waals surface area (Å²) < 4.78 is 5.14. The summed E-state index contributed by atoms with van der Waals surface area (Å²) in [5, 5.41) is 0.651. The zero-order valence-corrected chi connectivity index (χ0v) is 11.0. The van der Waals surface area contributed by atoms with Gasteiger partial charge in [0.25, 0.3) is 0 Å². The molecule has 18 heavy (non-hydrogen) atoms. The normalized spacial score (nSPS) is 10.2. The summed E-state index contributed by atoms with van der Waals surface area (Å²) in [5.41, 5.74) is 2.43. The van der Waals surface area contributed by atoms with Crippen LogP contribution in [0.4, 0.5) is 0 Å². The fraction of sp³-hybridized carbons (Fsp3) is 0.133. The third-order valence-corrected chi connectivity index (χ3v) is 2.98. The molecule has 0 radical (unpaired) electrons. The van der Waals surface area contributed by atoms with Crippen molar-refractivity contribution in [1.82, 2.24) is 0 Å². The molecule has 0 N–H and O–H groups in total. The average molecular weight is 261 g/mol. The molecule has 0 atom stereocenters. The van der Waals surface area contributed by atoms with Gasteiger partial charge in [-0.3, -0.25) is 4.79 Å². The number of methoxy groups -OCH3 is 1. The van der Waals surface area contributed by atoms with Crippen molar-refractivity contribution < 1.29 is 9.53 Å². The smallest absolute Gasteiger partial charge is 0.160 e. The topological polar surface area (TPSA) is 26.3 Å². The van der Waals surface area contributed by atoms with Gasteiger partial charge in [-0.15, -0.1) is 0 Å². The number of halogens is 1. The zero-order valence-electron chi connectivity index (χ0n) is 10.2. The molecule has 0 aliphatic rings.